The zero-order chi connectivity index (χ0) is 26.5. The molecule has 0 saturated heterocycles. The van der Waals surface area contributed by atoms with Crippen LogP contribution in [0.25, 0.3) is 21.5 Å². The maximum absolute atomic E-state index is 11.5. The first-order valence-electron chi connectivity index (χ1n) is 12.0. The molecule has 0 radical (unpaired) electrons. The lowest BCUT2D eigenvalue weighted by molar-refractivity contribution is -0.109. The Morgan fingerprint density at radius 1 is 0.500 bits per heavy atom. The Labute approximate surface area is 230 Å². The molecule has 0 aliphatic heterocycles. The maximum atomic E-state index is 11.5. The fourth-order valence-corrected chi connectivity index (χ4v) is 5.60. The lowest BCUT2D eigenvalue weighted by atomic mass is 9.92. The predicted molar refractivity (Wildman–Crippen MR) is 159 cm³/mol. The number of benzene rings is 5. The van der Waals surface area contributed by atoms with Crippen LogP contribution in [0, 0.1) is 23.7 Å². The Morgan fingerprint density at radius 3 is 1.21 bits per heavy atom. The molecular weight excluding hydrogens is 505 g/mol. The Balaban J connectivity index is 1.65. The minimum absolute atomic E-state index is 0.0492. The van der Waals surface area contributed by atoms with Crippen molar-refractivity contribution in [3.63, 3.8) is 0 Å². The van der Waals surface area contributed by atoms with Crippen LogP contribution in [-0.4, -0.2) is 10.2 Å². The van der Waals surface area contributed by atoms with Gasteiger partial charge in [-0.15, -0.1) is 0 Å². The van der Waals surface area contributed by atoms with Crippen molar-refractivity contribution in [2.75, 3.05) is 0 Å². The molecule has 5 rings (SSSR count). The Morgan fingerprint density at radius 2 is 0.868 bits per heavy atom. The van der Waals surface area contributed by atoms with E-state index in [4.69, 9.17) is 0 Å². The summed E-state index contributed by atoms with van der Waals surface area (Å²) in [5.41, 5.74) is 3.62. The van der Waals surface area contributed by atoms with Gasteiger partial charge in [-0.25, -0.2) is 0 Å². The van der Waals surface area contributed by atoms with Crippen LogP contribution in [0.3, 0.4) is 0 Å². The van der Waals surface area contributed by atoms with Crippen LogP contribution in [0.4, 0.5) is 0 Å². The van der Waals surface area contributed by atoms with Gasteiger partial charge in [0.25, 0.3) is 0 Å². The van der Waals surface area contributed by atoms with E-state index in [2.05, 4.69) is 47.9 Å². The van der Waals surface area contributed by atoms with Crippen LogP contribution >= 0.6 is 23.5 Å². The molecule has 0 aliphatic carbocycles. The Kier molecular flexibility index (Phi) is 7.66. The van der Waals surface area contributed by atoms with Crippen molar-refractivity contribution in [3.8, 4) is 23.7 Å². The van der Waals surface area contributed by atoms with Crippen molar-refractivity contribution in [2.45, 2.75) is 23.6 Å². The van der Waals surface area contributed by atoms with Crippen molar-refractivity contribution in [2.24, 2.45) is 0 Å². The number of hydrogen-bond donors (Lipinski definition) is 0. The van der Waals surface area contributed by atoms with Crippen molar-refractivity contribution >= 4 is 55.3 Å². The fraction of sp³-hybridized carbons (Fsp3) is 0.0588. The van der Waals surface area contributed by atoms with Crippen molar-refractivity contribution < 1.29 is 9.59 Å². The van der Waals surface area contributed by atoms with Crippen molar-refractivity contribution in [1.82, 2.24) is 0 Å². The highest BCUT2D eigenvalue weighted by Crippen LogP contribution is 2.32. The van der Waals surface area contributed by atoms with Crippen LogP contribution in [-0.2, 0) is 9.59 Å². The molecule has 5 aromatic rings. The van der Waals surface area contributed by atoms with E-state index in [-0.39, 0.29) is 10.2 Å². The molecule has 0 saturated carbocycles. The summed E-state index contributed by atoms with van der Waals surface area (Å²) in [6, 6.07) is 31.9. The van der Waals surface area contributed by atoms with Gasteiger partial charge in [0.1, 0.15) is 0 Å². The molecular formula is C34H22O2S2. The molecule has 0 aliphatic rings. The zero-order valence-electron chi connectivity index (χ0n) is 20.9. The molecule has 0 N–H and O–H groups in total. The Hall–Kier alpha value is -4.22. The number of carbonyl (C=O) groups excluding carboxylic acids is 2. The Bertz CT molecular complexity index is 1650. The van der Waals surface area contributed by atoms with Gasteiger partial charge in [0.15, 0.2) is 10.2 Å². The van der Waals surface area contributed by atoms with Gasteiger partial charge in [0.05, 0.1) is 0 Å². The molecule has 0 unspecified atom stereocenters. The van der Waals surface area contributed by atoms with Crippen LogP contribution < -0.4 is 0 Å². The van der Waals surface area contributed by atoms with E-state index in [1.54, 1.807) is 13.8 Å². The van der Waals surface area contributed by atoms with E-state index in [9.17, 15) is 9.59 Å². The van der Waals surface area contributed by atoms with Crippen molar-refractivity contribution in [3.05, 3.63) is 119 Å². The average Bonchev–Trinajstić information content (AvgIpc) is 2.90. The maximum Gasteiger partial charge on any atom is 0.190 e. The van der Waals surface area contributed by atoms with E-state index in [0.29, 0.717) is 0 Å². The molecule has 0 atom stereocenters. The summed E-state index contributed by atoms with van der Waals surface area (Å²) < 4.78 is 0. The number of carbonyl (C=O) groups is 2. The van der Waals surface area contributed by atoms with Crippen molar-refractivity contribution in [1.29, 1.82) is 0 Å². The van der Waals surface area contributed by atoms with Gasteiger partial charge in [-0.1, -0.05) is 108 Å². The van der Waals surface area contributed by atoms with E-state index < -0.39 is 0 Å². The largest absolute Gasteiger partial charge is 0.287 e. The zero-order valence-corrected chi connectivity index (χ0v) is 22.5. The number of fused-ring (bicyclic) bond motifs is 2. The molecule has 5 aromatic carbocycles. The van der Waals surface area contributed by atoms with E-state index in [0.717, 1.165) is 53.6 Å². The molecule has 0 bridgehead atoms. The summed E-state index contributed by atoms with van der Waals surface area (Å²) in [7, 11) is 0. The third-order valence-electron chi connectivity index (χ3n) is 5.79. The monoisotopic (exact) mass is 526 g/mol. The molecule has 2 nitrogen and oxygen atoms in total. The normalized spacial score (nSPS) is 10.4. The summed E-state index contributed by atoms with van der Waals surface area (Å²) in [4.78, 5) is 24.8. The highest BCUT2D eigenvalue weighted by Gasteiger charge is 2.11. The summed E-state index contributed by atoms with van der Waals surface area (Å²) >= 11 is 2.42. The smallest absolute Gasteiger partial charge is 0.190 e. The van der Waals surface area contributed by atoms with Crippen LogP contribution in [0.5, 0.6) is 0 Å². The summed E-state index contributed by atoms with van der Waals surface area (Å²) in [6.45, 7) is 3.13. The quantitative estimate of drug-likeness (QED) is 0.132. The van der Waals surface area contributed by atoms with Gasteiger partial charge >= 0.3 is 0 Å². The molecule has 0 amide bonds. The molecule has 4 heteroatoms. The summed E-state index contributed by atoms with van der Waals surface area (Å²) in [5.74, 6) is 13.5. The molecule has 38 heavy (non-hydrogen) atoms. The van der Waals surface area contributed by atoms with Crippen LogP contribution in [0.1, 0.15) is 36.1 Å². The highest BCUT2D eigenvalue weighted by molar-refractivity contribution is 8.13. The lowest BCUT2D eigenvalue weighted by Crippen LogP contribution is -1.90. The molecule has 182 valence electrons. The third-order valence-corrected chi connectivity index (χ3v) is 7.34. The second-order valence-corrected chi connectivity index (χ2v) is 11.1. The van der Waals surface area contributed by atoms with Gasteiger partial charge in [-0.05, 0) is 57.9 Å². The van der Waals surface area contributed by atoms with Gasteiger partial charge in [-0.3, -0.25) is 9.59 Å². The summed E-state index contributed by atoms with van der Waals surface area (Å²) in [6.07, 6.45) is 0. The van der Waals surface area contributed by atoms with Gasteiger partial charge in [-0.2, -0.15) is 0 Å². The molecule has 0 spiro atoms. The molecule has 0 heterocycles. The highest BCUT2D eigenvalue weighted by atomic mass is 32.2. The van der Waals surface area contributed by atoms with E-state index in [1.165, 1.54) is 23.5 Å². The summed E-state index contributed by atoms with van der Waals surface area (Å²) in [5, 5.41) is 4.26. The van der Waals surface area contributed by atoms with Gasteiger partial charge in [0.2, 0.25) is 0 Å². The van der Waals surface area contributed by atoms with E-state index in [1.807, 2.05) is 72.8 Å². The number of hydrogen-bond acceptors (Lipinski definition) is 4. The van der Waals surface area contributed by atoms with Gasteiger partial charge in [0, 0.05) is 45.9 Å². The number of rotatable bonds is 2. The lowest BCUT2D eigenvalue weighted by Gasteiger charge is -2.10. The minimum atomic E-state index is 0.0492. The van der Waals surface area contributed by atoms with Crippen LogP contribution in [0.15, 0.2) is 107 Å². The SMILES string of the molecule is CC(=O)Sc1cccc(C#Cc2c3ccccc3c(C#Cc3cccc(SC(C)=O)c3)c3ccccc23)c1. The minimum Gasteiger partial charge on any atom is -0.287 e. The average molecular weight is 527 g/mol. The standard InChI is InChI=1S/C34H22O2S2/c1-23(35)37-27-11-7-9-25(21-27)17-19-33-29-13-3-5-15-31(29)34(32-16-6-4-14-30(32)33)20-18-26-10-8-12-28(22-26)38-24(2)36/h3-16,21-22H,1-2H3. The second-order valence-electron chi connectivity index (χ2n) is 8.58. The first kappa shape index (κ1) is 25.4. The number of thioether (sulfide) groups is 2. The second kappa shape index (κ2) is 11.4. The predicted octanol–water partition coefficient (Wildman–Crippen LogP) is 8.07. The van der Waals surface area contributed by atoms with Gasteiger partial charge < -0.3 is 0 Å². The van der Waals surface area contributed by atoms with E-state index >= 15 is 0 Å². The third kappa shape index (κ3) is 5.84. The van der Waals surface area contributed by atoms with Crippen LogP contribution in [0.2, 0.25) is 0 Å². The first-order chi connectivity index (χ1) is 18.5. The fourth-order valence-electron chi connectivity index (χ4n) is 4.27. The molecule has 0 fully saturated rings. The first-order valence-corrected chi connectivity index (χ1v) is 13.7. The topological polar surface area (TPSA) is 34.1 Å². The molecule has 0 aromatic heterocycles.